The number of nitrogens with zero attached hydrogens (tertiary/aromatic N) is 1. The fourth-order valence-corrected chi connectivity index (χ4v) is 4.12. The van der Waals surface area contributed by atoms with Crippen molar-refractivity contribution in [2.24, 2.45) is 0 Å². The van der Waals surface area contributed by atoms with Crippen molar-refractivity contribution >= 4 is 31.6 Å². The Morgan fingerprint density at radius 3 is 2.48 bits per heavy atom. The summed E-state index contributed by atoms with van der Waals surface area (Å²) in [7, 11) is -3.29. The maximum absolute atomic E-state index is 11.9. The van der Waals surface area contributed by atoms with Gasteiger partial charge >= 0.3 is 0 Å². The third-order valence-electron chi connectivity index (χ3n) is 4.53. The molecule has 0 radical (unpaired) electrons. The minimum Gasteiger partial charge on any atom is -0.368 e. The van der Waals surface area contributed by atoms with Crippen LogP contribution in [0, 0.1) is 0 Å². The maximum atomic E-state index is 11.9. The van der Waals surface area contributed by atoms with Crippen LogP contribution in [0.15, 0.2) is 52.0 Å². The molecule has 6 heteroatoms. The van der Waals surface area contributed by atoms with E-state index in [1.165, 1.54) is 18.2 Å². The molecule has 0 amide bonds. The van der Waals surface area contributed by atoms with Gasteiger partial charge in [-0.3, -0.25) is 0 Å². The van der Waals surface area contributed by atoms with Gasteiger partial charge in [0.2, 0.25) is 0 Å². The molecule has 0 spiro atoms. The van der Waals surface area contributed by atoms with Crippen LogP contribution in [0.25, 0.3) is 0 Å². The van der Waals surface area contributed by atoms with Gasteiger partial charge < -0.3 is 5.32 Å². The highest BCUT2D eigenvalue weighted by Gasteiger charge is 2.38. The summed E-state index contributed by atoms with van der Waals surface area (Å²) in [6, 6.07) is 11.6. The van der Waals surface area contributed by atoms with Crippen LogP contribution in [-0.2, 0) is 15.3 Å². The van der Waals surface area contributed by atoms with Crippen molar-refractivity contribution in [2.45, 2.75) is 29.6 Å². The number of hydrogen-bond acceptors (Lipinski definition) is 4. The first-order chi connectivity index (χ1) is 10.9. The molecule has 0 aliphatic heterocycles. The average molecular weight is 395 g/mol. The van der Waals surface area contributed by atoms with Crippen LogP contribution < -0.4 is 5.32 Å². The second kappa shape index (κ2) is 6.24. The van der Waals surface area contributed by atoms with Gasteiger partial charge in [-0.05, 0) is 42.7 Å². The number of rotatable bonds is 5. The number of nitrogens with one attached hydrogen (secondary N) is 1. The normalized spacial score (nSPS) is 16.6. The highest BCUT2D eigenvalue weighted by atomic mass is 79.9. The Balaban J connectivity index is 1.84. The summed E-state index contributed by atoms with van der Waals surface area (Å²) in [6.07, 6.45) is 6.22. The Morgan fingerprint density at radius 1 is 1.22 bits per heavy atom. The van der Waals surface area contributed by atoms with Crippen molar-refractivity contribution in [3.63, 3.8) is 0 Å². The molecule has 0 bridgehead atoms. The molecular formula is C17H19BrN2O2S. The number of hydrogen-bond donors (Lipinski definition) is 1. The number of pyridine rings is 1. The first-order valence-electron chi connectivity index (χ1n) is 7.56. The Morgan fingerprint density at radius 2 is 1.91 bits per heavy atom. The SMILES string of the molecule is CS(=O)(=O)c1cccnc1NCC1(c2ccc(Br)cc2)CCC1. The monoisotopic (exact) mass is 394 g/mol. The quantitative estimate of drug-likeness (QED) is 0.837. The second-order valence-corrected chi connectivity index (χ2v) is 9.02. The third kappa shape index (κ3) is 3.43. The van der Waals surface area contributed by atoms with E-state index in [4.69, 9.17) is 0 Å². The molecule has 23 heavy (non-hydrogen) atoms. The van der Waals surface area contributed by atoms with Gasteiger partial charge in [0.05, 0.1) is 0 Å². The molecule has 1 saturated carbocycles. The lowest BCUT2D eigenvalue weighted by atomic mass is 9.64. The van der Waals surface area contributed by atoms with Crippen LogP contribution in [0.5, 0.6) is 0 Å². The molecule has 122 valence electrons. The molecule has 1 heterocycles. The van der Waals surface area contributed by atoms with E-state index < -0.39 is 9.84 Å². The maximum Gasteiger partial charge on any atom is 0.179 e. The summed E-state index contributed by atoms with van der Waals surface area (Å²) in [4.78, 5) is 4.47. The van der Waals surface area contributed by atoms with E-state index in [1.807, 2.05) is 0 Å². The lowest BCUT2D eigenvalue weighted by molar-refractivity contribution is 0.260. The number of aromatic nitrogens is 1. The number of benzene rings is 1. The van der Waals surface area contributed by atoms with Crippen LogP contribution >= 0.6 is 15.9 Å². The van der Waals surface area contributed by atoms with Crippen molar-refractivity contribution in [1.82, 2.24) is 4.98 Å². The molecule has 0 unspecified atom stereocenters. The minimum absolute atomic E-state index is 0.0625. The van der Waals surface area contributed by atoms with E-state index in [2.05, 4.69) is 50.5 Å². The standard InChI is InChI=1S/C17H19BrN2O2S/c1-23(21,22)15-4-2-11-19-16(15)20-12-17(9-3-10-17)13-5-7-14(18)8-6-13/h2,4-8,11H,3,9-10,12H2,1H3,(H,19,20). The fraction of sp³-hybridized carbons (Fsp3) is 0.353. The molecule has 1 fully saturated rings. The topological polar surface area (TPSA) is 59.1 Å². The average Bonchev–Trinajstić information content (AvgIpc) is 2.47. The van der Waals surface area contributed by atoms with Crippen molar-refractivity contribution in [2.75, 3.05) is 18.1 Å². The van der Waals surface area contributed by atoms with Gasteiger partial charge in [0.1, 0.15) is 10.7 Å². The largest absolute Gasteiger partial charge is 0.368 e. The van der Waals surface area contributed by atoms with Crippen molar-refractivity contribution in [3.8, 4) is 0 Å². The summed E-state index contributed by atoms with van der Waals surface area (Å²) in [5, 5.41) is 3.27. The zero-order valence-electron chi connectivity index (χ0n) is 12.9. The van der Waals surface area contributed by atoms with E-state index >= 15 is 0 Å². The molecule has 1 N–H and O–H groups in total. The van der Waals surface area contributed by atoms with Gasteiger partial charge in [-0.2, -0.15) is 0 Å². The van der Waals surface area contributed by atoms with Crippen LogP contribution in [0.3, 0.4) is 0 Å². The van der Waals surface area contributed by atoms with Crippen LogP contribution in [0.2, 0.25) is 0 Å². The lowest BCUT2D eigenvalue weighted by Crippen LogP contribution is -2.41. The van der Waals surface area contributed by atoms with E-state index in [-0.39, 0.29) is 10.3 Å². The summed E-state index contributed by atoms with van der Waals surface area (Å²) < 4.78 is 24.8. The zero-order valence-corrected chi connectivity index (χ0v) is 15.3. The molecule has 2 aromatic rings. The first-order valence-corrected chi connectivity index (χ1v) is 10.2. The van der Waals surface area contributed by atoms with Crippen molar-refractivity contribution in [3.05, 3.63) is 52.6 Å². The van der Waals surface area contributed by atoms with Crippen LogP contribution in [0.4, 0.5) is 5.82 Å². The second-order valence-electron chi connectivity index (χ2n) is 6.12. The van der Waals surface area contributed by atoms with E-state index in [9.17, 15) is 8.42 Å². The molecule has 1 aromatic heterocycles. The number of anilines is 1. The zero-order chi connectivity index (χ0) is 16.5. The number of halogens is 1. The highest BCUT2D eigenvalue weighted by molar-refractivity contribution is 9.10. The van der Waals surface area contributed by atoms with Gasteiger partial charge in [0.25, 0.3) is 0 Å². The first kappa shape index (κ1) is 16.5. The molecule has 1 aromatic carbocycles. The van der Waals surface area contributed by atoms with Gasteiger partial charge in [-0.15, -0.1) is 0 Å². The smallest absolute Gasteiger partial charge is 0.179 e. The van der Waals surface area contributed by atoms with Crippen molar-refractivity contribution in [1.29, 1.82) is 0 Å². The highest BCUT2D eigenvalue weighted by Crippen LogP contribution is 2.44. The Hall–Kier alpha value is -1.40. The Bertz CT molecular complexity index is 800. The summed E-state index contributed by atoms with van der Waals surface area (Å²) in [5.41, 5.74) is 1.35. The Kier molecular flexibility index (Phi) is 4.47. The van der Waals surface area contributed by atoms with Crippen molar-refractivity contribution < 1.29 is 8.42 Å². The fourth-order valence-electron chi connectivity index (χ4n) is 3.05. The molecule has 4 nitrogen and oxygen atoms in total. The predicted molar refractivity (Wildman–Crippen MR) is 95.5 cm³/mol. The van der Waals surface area contributed by atoms with E-state index in [1.54, 1.807) is 18.3 Å². The summed E-state index contributed by atoms with van der Waals surface area (Å²) in [5.74, 6) is 0.443. The number of sulfone groups is 1. The molecule has 1 aliphatic carbocycles. The van der Waals surface area contributed by atoms with Crippen LogP contribution in [-0.4, -0.2) is 26.2 Å². The third-order valence-corrected chi connectivity index (χ3v) is 6.19. The molecule has 0 atom stereocenters. The minimum atomic E-state index is -3.29. The van der Waals surface area contributed by atoms with E-state index in [0.717, 1.165) is 17.3 Å². The Labute approximate surface area is 145 Å². The molecular weight excluding hydrogens is 376 g/mol. The van der Waals surface area contributed by atoms with Gasteiger partial charge in [0, 0.05) is 28.9 Å². The molecule has 3 rings (SSSR count). The molecule has 0 saturated heterocycles. The van der Waals surface area contributed by atoms with E-state index in [0.29, 0.717) is 12.4 Å². The van der Waals surface area contributed by atoms with Gasteiger partial charge in [0.15, 0.2) is 9.84 Å². The van der Waals surface area contributed by atoms with Gasteiger partial charge in [-0.25, -0.2) is 13.4 Å². The van der Waals surface area contributed by atoms with Crippen LogP contribution in [0.1, 0.15) is 24.8 Å². The molecule has 1 aliphatic rings. The summed E-state index contributed by atoms with van der Waals surface area (Å²) >= 11 is 3.47. The lowest BCUT2D eigenvalue weighted by Gasteiger charge is -2.43. The van der Waals surface area contributed by atoms with Gasteiger partial charge in [-0.1, -0.05) is 34.5 Å². The summed E-state index contributed by atoms with van der Waals surface area (Å²) in [6.45, 7) is 0.689. The predicted octanol–water partition coefficient (Wildman–Crippen LogP) is 3.78.